The molecule has 9 heteroatoms. The Kier molecular flexibility index (Phi) is 6.61. The zero-order valence-corrected chi connectivity index (χ0v) is 21.0. The van der Waals surface area contributed by atoms with Gasteiger partial charge in [-0.15, -0.1) is 0 Å². The molecule has 0 radical (unpaired) electrons. The Balaban J connectivity index is 1.21. The van der Waals surface area contributed by atoms with Crippen molar-refractivity contribution in [3.8, 4) is 23.2 Å². The molecule has 0 unspecified atom stereocenters. The molecule has 194 valence electrons. The molecule has 0 spiro atoms. The molecular formula is C30H24FN5O3. The molecule has 1 aliphatic heterocycles. The van der Waals surface area contributed by atoms with Gasteiger partial charge < -0.3 is 18.6 Å². The largest absolute Gasteiger partial charge is 0.473 e. The molecule has 0 amide bonds. The summed E-state index contributed by atoms with van der Waals surface area (Å²) < 4.78 is 29.3. The number of nitrogens with zero attached hydrogens (tertiary/aromatic N) is 5. The summed E-state index contributed by atoms with van der Waals surface area (Å²) in [5, 5.41) is 8.90. The Morgan fingerprint density at radius 2 is 1.95 bits per heavy atom. The smallest absolute Gasteiger partial charge is 0.251 e. The highest BCUT2D eigenvalue weighted by molar-refractivity contribution is 5.76. The molecular weight excluding hydrogens is 497 g/mol. The summed E-state index contributed by atoms with van der Waals surface area (Å²) in [6, 6.07) is 22.7. The molecule has 8 nitrogen and oxygen atoms in total. The first-order valence-electron chi connectivity index (χ1n) is 12.6. The van der Waals surface area contributed by atoms with Crippen LogP contribution in [0.5, 0.6) is 5.88 Å². The minimum atomic E-state index is -0.512. The molecule has 0 saturated carbocycles. The van der Waals surface area contributed by atoms with Gasteiger partial charge in [-0.1, -0.05) is 24.3 Å². The summed E-state index contributed by atoms with van der Waals surface area (Å²) in [4.78, 5) is 22.4. The van der Waals surface area contributed by atoms with Crippen molar-refractivity contribution >= 4 is 11.0 Å². The lowest BCUT2D eigenvalue weighted by Gasteiger charge is -2.27. The van der Waals surface area contributed by atoms with Crippen LogP contribution in [-0.2, 0) is 24.4 Å². The number of aromatic nitrogens is 4. The Morgan fingerprint density at radius 1 is 1.08 bits per heavy atom. The van der Waals surface area contributed by atoms with Gasteiger partial charge in [0.05, 0.1) is 47.6 Å². The summed E-state index contributed by atoms with van der Waals surface area (Å²) in [5.41, 5.74) is 3.50. The number of benzene rings is 2. The van der Waals surface area contributed by atoms with Crippen molar-refractivity contribution in [3.05, 3.63) is 112 Å². The second-order valence-corrected chi connectivity index (χ2v) is 9.36. The van der Waals surface area contributed by atoms with Gasteiger partial charge >= 0.3 is 0 Å². The van der Waals surface area contributed by atoms with E-state index in [0.717, 1.165) is 29.9 Å². The molecule has 0 bridgehead atoms. The van der Waals surface area contributed by atoms with E-state index in [1.165, 1.54) is 24.3 Å². The van der Waals surface area contributed by atoms with Crippen LogP contribution < -0.4 is 10.3 Å². The fourth-order valence-electron chi connectivity index (χ4n) is 4.57. The third-order valence-corrected chi connectivity index (χ3v) is 6.80. The van der Waals surface area contributed by atoms with E-state index >= 15 is 0 Å². The minimum Gasteiger partial charge on any atom is -0.473 e. The maximum atomic E-state index is 14.2. The van der Waals surface area contributed by atoms with Crippen LogP contribution in [0.3, 0.4) is 0 Å². The van der Waals surface area contributed by atoms with Crippen molar-refractivity contribution in [3.63, 3.8) is 0 Å². The maximum Gasteiger partial charge on any atom is 0.251 e. The van der Waals surface area contributed by atoms with Gasteiger partial charge in [0.25, 0.3) is 5.56 Å². The summed E-state index contributed by atoms with van der Waals surface area (Å²) in [5.74, 6) is 0.583. The topological polar surface area (TPSA) is 95.0 Å². The Morgan fingerprint density at radius 3 is 2.72 bits per heavy atom. The molecule has 1 atom stereocenters. The fourth-order valence-corrected chi connectivity index (χ4v) is 4.57. The molecule has 0 N–H and O–H groups in total. The van der Waals surface area contributed by atoms with Gasteiger partial charge in [0, 0.05) is 36.1 Å². The van der Waals surface area contributed by atoms with Crippen LogP contribution in [0.2, 0.25) is 0 Å². The zero-order valence-electron chi connectivity index (χ0n) is 21.0. The lowest BCUT2D eigenvalue weighted by molar-refractivity contribution is -0.0590. The van der Waals surface area contributed by atoms with E-state index < -0.39 is 5.82 Å². The molecule has 5 aromatic rings. The van der Waals surface area contributed by atoms with Crippen molar-refractivity contribution in [2.45, 2.75) is 32.2 Å². The predicted octanol–water partition coefficient (Wildman–Crippen LogP) is 4.69. The Labute approximate surface area is 223 Å². The summed E-state index contributed by atoms with van der Waals surface area (Å²) in [6.07, 6.45) is 2.91. The molecule has 2 aromatic carbocycles. The van der Waals surface area contributed by atoms with Crippen LogP contribution in [0.15, 0.2) is 83.8 Å². The van der Waals surface area contributed by atoms with Gasteiger partial charge in [-0.05, 0) is 42.8 Å². The van der Waals surface area contributed by atoms with Gasteiger partial charge in [0.1, 0.15) is 18.2 Å². The number of fused-ring (bicyclic) bond motifs is 1. The quantitative estimate of drug-likeness (QED) is 0.294. The normalized spacial score (nSPS) is 14.6. The van der Waals surface area contributed by atoms with Gasteiger partial charge in [-0.25, -0.2) is 14.4 Å². The molecule has 39 heavy (non-hydrogen) atoms. The second kappa shape index (κ2) is 10.5. The monoisotopic (exact) mass is 521 g/mol. The second-order valence-electron chi connectivity index (χ2n) is 9.36. The average Bonchev–Trinajstić information content (AvgIpc) is 3.28. The summed E-state index contributed by atoms with van der Waals surface area (Å²) in [6.45, 7) is 1.77. The zero-order chi connectivity index (χ0) is 26.8. The Bertz CT molecular complexity index is 1770. The number of nitriles is 1. The van der Waals surface area contributed by atoms with Gasteiger partial charge in [0.15, 0.2) is 0 Å². The van der Waals surface area contributed by atoms with Crippen LogP contribution in [0.25, 0.3) is 22.3 Å². The number of para-hydroxylation sites is 2. The molecule has 1 aliphatic rings. The van der Waals surface area contributed by atoms with E-state index in [4.69, 9.17) is 19.7 Å². The first kappa shape index (κ1) is 24.5. The number of imidazole rings is 1. The number of ether oxygens (including phenoxy) is 2. The van der Waals surface area contributed by atoms with Crippen molar-refractivity contribution < 1.29 is 13.9 Å². The number of halogens is 1. The standard InChI is InChI=1S/C30H24FN5O3/c31-24-14-20(16-32)8-9-22(24)19-39-29-7-3-5-25(34-29)21-10-12-35(30(37)15-21)18-28-33-26-4-1-2-6-27(26)36(28)17-23-11-13-38-23/h1-10,12,14-15,23H,11,13,17-19H2/t23-/m0/s1. The van der Waals surface area contributed by atoms with Crippen LogP contribution in [-0.4, -0.2) is 31.8 Å². The number of rotatable bonds is 8. The van der Waals surface area contributed by atoms with Crippen LogP contribution in [0.1, 0.15) is 23.4 Å². The fraction of sp³-hybridized carbons (Fsp3) is 0.200. The van der Waals surface area contributed by atoms with Crippen LogP contribution >= 0.6 is 0 Å². The van der Waals surface area contributed by atoms with Gasteiger partial charge in [-0.3, -0.25) is 4.79 Å². The SMILES string of the molecule is N#Cc1ccc(COc2cccc(-c3ccn(Cc4nc5ccccc5n4C[C@@H]4CCO4)c(=O)c3)n2)c(F)c1. The number of pyridine rings is 2. The van der Waals surface area contributed by atoms with E-state index in [9.17, 15) is 9.18 Å². The van der Waals surface area contributed by atoms with Crippen LogP contribution in [0.4, 0.5) is 4.39 Å². The molecule has 1 saturated heterocycles. The molecule has 3 aromatic heterocycles. The number of hydrogen-bond donors (Lipinski definition) is 0. The first-order valence-corrected chi connectivity index (χ1v) is 12.6. The number of hydrogen-bond acceptors (Lipinski definition) is 6. The van der Waals surface area contributed by atoms with Crippen molar-refractivity contribution in [1.29, 1.82) is 5.26 Å². The highest BCUT2D eigenvalue weighted by atomic mass is 19.1. The molecule has 4 heterocycles. The van der Waals surface area contributed by atoms with Crippen molar-refractivity contribution in [1.82, 2.24) is 19.1 Å². The Hall–Kier alpha value is -4.81. The minimum absolute atomic E-state index is 0.0392. The summed E-state index contributed by atoms with van der Waals surface area (Å²) in [7, 11) is 0. The molecule has 0 aliphatic carbocycles. The van der Waals surface area contributed by atoms with Gasteiger partial charge in [0.2, 0.25) is 5.88 Å². The summed E-state index contributed by atoms with van der Waals surface area (Å²) >= 11 is 0. The predicted molar refractivity (Wildman–Crippen MR) is 143 cm³/mol. The van der Waals surface area contributed by atoms with E-state index in [0.29, 0.717) is 35.8 Å². The highest BCUT2D eigenvalue weighted by Crippen LogP contribution is 2.23. The highest BCUT2D eigenvalue weighted by Gasteiger charge is 2.22. The van der Waals surface area contributed by atoms with Crippen LogP contribution in [0, 0.1) is 17.1 Å². The van der Waals surface area contributed by atoms with E-state index in [1.54, 1.807) is 29.0 Å². The van der Waals surface area contributed by atoms with E-state index in [2.05, 4.69) is 9.55 Å². The molecule has 1 fully saturated rings. The average molecular weight is 522 g/mol. The first-order chi connectivity index (χ1) is 19.1. The molecule has 6 rings (SSSR count). The van der Waals surface area contributed by atoms with E-state index in [-0.39, 0.29) is 23.8 Å². The van der Waals surface area contributed by atoms with Crippen molar-refractivity contribution in [2.75, 3.05) is 6.61 Å². The third kappa shape index (κ3) is 5.15. The maximum absolute atomic E-state index is 14.2. The van der Waals surface area contributed by atoms with E-state index in [1.807, 2.05) is 36.4 Å². The lowest BCUT2D eigenvalue weighted by atomic mass is 10.1. The van der Waals surface area contributed by atoms with Crippen molar-refractivity contribution in [2.24, 2.45) is 0 Å². The van der Waals surface area contributed by atoms with Gasteiger partial charge in [-0.2, -0.15) is 5.26 Å². The third-order valence-electron chi connectivity index (χ3n) is 6.80. The lowest BCUT2D eigenvalue weighted by Crippen LogP contribution is -2.32.